The van der Waals surface area contributed by atoms with Crippen LogP contribution < -0.4 is 10.6 Å². The highest BCUT2D eigenvalue weighted by molar-refractivity contribution is 5.79. The summed E-state index contributed by atoms with van der Waals surface area (Å²) in [6, 6.07) is 14.8. The van der Waals surface area contributed by atoms with E-state index in [1.807, 2.05) is 13.0 Å². The van der Waals surface area contributed by atoms with E-state index in [4.69, 9.17) is 0 Å². The zero-order valence-electron chi connectivity index (χ0n) is 13.1. The molecule has 0 bridgehead atoms. The Bertz CT molecular complexity index is 620. The fraction of sp³-hybridized carbons (Fsp3) is 0.278. The quantitative estimate of drug-likeness (QED) is 0.656. The van der Waals surface area contributed by atoms with E-state index in [0.717, 1.165) is 18.1 Å². The van der Waals surface area contributed by atoms with Gasteiger partial charge in [0.2, 0.25) is 0 Å². The van der Waals surface area contributed by atoms with Gasteiger partial charge in [-0.15, -0.1) is 0 Å². The predicted molar refractivity (Wildman–Crippen MR) is 89.2 cm³/mol. The number of nitrogens with zero attached hydrogens (tertiary/aromatic N) is 1. The van der Waals surface area contributed by atoms with Gasteiger partial charge < -0.3 is 10.6 Å². The molecule has 0 amide bonds. The lowest BCUT2D eigenvalue weighted by molar-refractivity contribution is 0.626. The molecule has 0 aliphatic heterocycles. The molecule has 0 spiro atoms. The zero-order valence-corrected chi connectivity index (χ0v) is 13.1. The third kappa shape index (κ3) is 5.20. The molecule has 2 N–H and O–H groups in total. The average Bonchev–Trinajstić information content (AvgIpc) is 2.52. The Morgan fingerprint density at radius 1 is 1.05 bits per heavy atom. The van der Waals surface area contributed by atoms with Crippen LogP contribution in [0.25, 0.3) is 0 Å². The van der Waals surface area contributed by atoms with Gasteiger partial charge in [0, 0.05) is 13.1 Å². The van der Waals surface area contributed by atoms with Gasteiger partial charge in [0.05, 0.1) is 6.54 Å². The van der Waals surface area contributed by atoms with Crippen molar-refractivity contribution in [1.82, 2.24) is 10.6 Å². The monoisotopic (exact) mass is 299 g/mol. The van der Waals surface area contributed by atoms with E-state index in [1.165, 1.54) is 23.3 Å². The van der Waals surface area contributed by atoms with Crippen LogP contribution in [0.1, 0.15) is 23.6 Å². The lowest BCUT2D eigenvalue weighted by Gasteiger charge is -2.11. The molecular formula is C18H22FN3. The Hall–Kier alpha value is -2.36. The maximum absolute atomic E-state index is 12.9. The van der Waals surface area contributed by atoms with Crippen molar-refractivity contribution in [3.63, 3.8) is 0 Å². The highest BCUT2D eigenvalue weighted by Gasteiger charge is 1.99. The van der Waals surface area contributed by atoms with Gasteiger partial charge in [-0.1, -0.05) is 42.0 Å². The van der Waals surface area contributed by atoms with Crippen LogP contribution in [0.3, 0.4) is 0 Å². The molecule has 2 aromatic rings. The van der Waals surface area contributed by atoms with Crippen LogP contribution in [-0.4, -0.2) is 12.5 Å². The summed E-state index contributed by atoms with van der Waals surface area (Å²) in [6.07, 6.45) is 0. The van der Waals surface area contributed by atoms with E-state index in [9.17, 15) is 4.39 Å². The van der Waals surface area contributed by atoms with Crippen LogP contribution in [0.4, 0.5) is 4.39 Å². The molecule has 22 heavy (non-hydrogen) atoms. The smallest absolute Gasteiger partial charge is 0.191 e. The van der Waals surface area contributed by atoms with Crippen LogP contribution in [0.2, 0.25) is 0 Å². The summed E-state index contributed by atoms with van der Waals surface area (Å²) in [4.78, 5) is 4.58. The number of aryl methyl sites for hydroxylation is 1. The molecule has 0 aliphatic carbocycles. The van der Waals surface area contributed by atoms with Crippen molar-refractivity contribution in [3.05, 3.63) is 71.0 Å². The Labute approximate surface area is 131 Å². The minimum Gasteiger partial charge on any atom is -0.357 e. The zero-order chi connectivity index (χ0) is 15.8. The summed E-state index contributed by atoms with van der Waals surface area (Å²) in [7, 11) is 0. The summed E-state index contributed by atoms with van der Waals surface area (Å²) in [5.41, 5.74) is 3.43. The topological polar surface area (TPSA) is 36.4 Å². The molecule has 0 saturated heterocycles. The number of aliphatic imine (C=N–C) groups is 1. The normalized spacial score (nSPS) is 11.3. The largest absolute Gasteiger partial charge is 0.357 e. The SMILES string of the molecule is CCNC(=NCc1cccc(C)c1)NCc1ccc(F)cc1. The van der Waals surface area contributed by atoms with Crippen molar-refractivity contribution in [3.8, 4) is 0 Å². The van der Waals surface area contributed by atoms with Crippen molar-refractivity contribution in [2.24, 2.45) is 4.99 Å². The van der Waals surface area contributed by atoms with Gasteiger partial charge in [0.25, 0.3) is 0 Å². The molecule has 4 heteroatoms. The van der Waals surface area contributed by atoms with Gasteiger partial charge in [-0.2, -0.15) is 0 Å². The van der Waals surface area contributed by atoms with Crippen LogP contribution in [0, 0.1) is 12.7 Å². The van der Waals surface area contributed by atoms with Gasteiger partial charge in [0.1, 0.15) is 5.82 Å². The van der Waals surface area contributed by atoms with E-state index < -0.39 is 0 Å². The van der Waals surface area contributed by atoms with Crippen molar-refractivity contribution in [2.45, 2.75) is 26.9 Å². The average molecular weight is 299 g/mol. The van der Waals surface area contributed by atoms with Crippen LogP contribution in [0.15, 0.2) is 53.5 Å². The minimum atomic E-state index is -0.219. The summed E-state index contributed by atoms with van der Waals surface area (Å²) in [5.74, 6) is 0.539. The predicted octanol–water partition coefficient (Wildman–Crippen LogP) is 3.39. The number of benzene rings is 2. The van der Waals surface area contributed by atoms with E-state index >= 15 is 0 Å². The minimum absolute atomic E-state index is 0.219. The third-order valence-corrected chi connectivity index (χ3v) is 3.22. The molecule has 0 heterocycles. The second kappa shape index (κ2) is 8.17. The summed E-state index contributed by atoms with van der Waals surface area (Å²) in [5, 5.41) is 6.47. The van der Waals surface area contributed by atoms with Gasteiger partial charge in [-0.05, 0) is 37.1 Å². The molecule has 0 aromatic heterocycles. The van der Waals surface area contributed by atoms with Gasteiger partial charge in [-0.3, -0.25) is 0 Å². The first-order chi connectivity index (χ1) is 10.7. The molecule has 2 aromatic carbocycles. The first-order valence-corrected chi connectivity index (χ1v) is 7.49. The molecule has 0 saturated carbocycles. The first-order valence-electron chi connectivity index (χ1n) is 7.49. The van der Waals surface area contributed by atoms with Gasteiger partial charge in [0.15, 0.2) is 5.96 Å². The standard InChI is InChI=1S/C18H22FN3/c1-3-20-18(21-12-15-7-9-17(19)10-8-15)22-13-16-6-4-5-14(2)11-16/h4-11H,3,12-13H2,1-2H3,(H2,20,21,22). The maximum atomic E-state index is 12.9. The Kier molecular flexibility index (Phi) is 5.95. The number of hydrogen-bond donors (Lipinski definition) is 2. The van der Waals surface area contributed by atoms with E-state index in [-0.39, 0.29) is 5.82 Å². The van der Waals surface area contributed by atoms with E-state index in [2.05, 4.69) is 40.7 Å². The number of guanidine groups is 1. The Morgan fingerprint density at radius 3 is 2.50 bits per heavy atom. The second-order valence-corrected chi connectivity index (χ2v) is 5.16. The molecular weight excluding hydrogens is 277 g/mol. The third-order valence-electron chi connectivity index (χ3n) is 3.22. The van der Waals surface area contributed by atoms with Gasteiger partial charge in [-0.25, -0.2) is 9.38 Å². The lowest BCUT2D eigenvalue weighted by atomic mass is 10.1. The van der Waals surface area contributed by atoms with E-state index in [0.29, 0.717) is 13.1 Å². The van der Waals surface area contributed by atoms with Crippen molar-refractivity contribution >= 4 is 5.96 Å². The molecule has 3 nitrogen and oxygen atoms in total. The van der Waals surface area contributed by atoms with Gasteiger partial charge >= 0.3 is 0 Å². The van der Waals surface area contributed by atoms with Crippen LogP contribution in [0.5, 0.6) is 0 Å². The van der Waals surface area contributed by atoms with Crippen LogP contribution in [-0.2, 0) is 13.1 Å². The van der Waals surface area contributed by atoms with E-state index in [1.54, 1.807) is 12.1 Å². The lowest BCUT2D eigenvalue weighted by Crippen LogP contribution is -2.36. The summed E-state index contributed by atoms with van der Waals surface area (Å²) in [6.45, 7) is 6.14. The van der Waals surface area contributed by atoms with Crippen LogP contribution >= 0.6 is 0 Å². The Morgan fingerprint density at radius 2 is 1.82 bits per heavy atom. The number of nitrogens with one attached hydrogen (secondary N) is 2. The highest BCUT2D eigenvalue weighted by Crippen LogP contribution is 2.05. The fourth-order valence-corrected chi connectivity index (χ4v) is 2.11. The Balaban J connectivity index is 1.96. The number of hydrogen-bond acceptors (Lipinski definition) is 1. The molecule has 0 radical (unpaired) electrons. The molecule has 2 rings (SSSR count). The second-order valence-electron chi connectivity index (χ2n) is 5.16. The summed E-state index contributed by atoms with van der Waals surface area (Å²) >= 11 is 0. The fourth-order valence-electron chi connectivity index (χ4n) is 2.11. The van der Waals surface area contributed by atoms with Crippen molar-refractivity contribution in [1.29, 1.82) is 0 Å². The van der Waals surface area contributed by atoms with Crippen molar-refractivity contribution < 1.29 is 4.39 Å². The number of rotatable bonds is 5. The molecule has 0 aliphatic rings. The summed E-state index contributed by atoms with van der Waals surface area (Å²) < 4.78 is 12.9. The maximum Gasteiger partial charge on any atom is 0.191 e. The molecule has 0 unspecified atom stereocenters. The first kappa shape index (κ1) is 16.0. The highest BCUT2D eigenvalue weighted by atomic mass is 19.1. The molecule has 0 atom stereocenters. The molecule has 116 valence electrons. The molecule has 0 fully saturated rings. The van der Waals surface area contributed by atoms with Crippen molar-refractivity contribution in [2.75, 3.05) is 6.54 Å². The number of halogens is 1.